The van der Waals surface area contributed by atoms with Crippen LogP contribution in [-0.4, -0.2) is 35.9 Å². The van der Waals surface area contributed by atoms with Gasteiger partial charge in [-0.2, -0.15) is 5.10 Å². The van der Waals surface area contributed by atoms with Crippen LogP contribution in [0, 0.1) is 13.8 Å². The fourth-order valence-electron chi connectivity index (χ4n) is 2.88. The summed E-state index contributed by atoms with van der Waals surface area (Å²) in [6.07, 6.45) is 0. The number of hydrogen-bond acceptors (Lipinski definition) is 3. The standard InChI is InChI=1S/C21H23N3O2/c1-15-9-10-19(16(2)13-15)24-20(21(25)22-11-12-26-3)14-18(23-24)17-7-5-4-6-8-17/h4-10,13-14H,11-12H2,1-3H3,(H,22,25). The number of benzene rings is 2. The summed E-state index contributed by atoms with van der Waals surface area (Å²) in [6, 6.07) is 17.8. The molecule has 0 spiro atoms. The predicted octanol–water partition coefficient (Wildman–Crippen LogP) is 3.53. The molecule has 5 heteroatoms. The molecule has 0 fully saturated rings. The number of nitrogens with zero attached hydrogens (tertiary/aromatic N) is 2. The molecule has 0 atom stereocenters. The lowest BCUT2D eigenvalue weighted by atomic mass is 10.1. The van der Waals surface area contributed by atoms with Crippen molar-refractivity contribution in [1.82, 2.24) is 15.1 Å². The molecule has 1 aromatic heterocycles. The van der Waals surface area contributed by atoms with Crippen molar-refractivity contribution in [3.05, 3.63) is 71.4 Å². The van der Waals surface area contributed by atoms with Crippen molar-refractivity contribution < 1.29 is 9.53 Å². The van der Waals surface area contributed by atoms with Gasteiger partial charge < -0.3 is 10.1 Å². The molecule has 0 aliphatic heterocycles. The van der Waals surface area contributed by atoms with Crippen LogP contribution in [0.2, 0.25) is 0 Å². The number of carbonyl (C=O) groups excluding carboxylic acids is 1. The van der Waals surface area contributed by atoms with Gasteiger partial charge in [-0.05, 0) is 31.5 Å². The maximum atomic E-state index is 12.7. The average Bonchev–Trinajstić information content (AvgIpc) is 3.08. The number of rotatable bonds is 6. The predicted molar refractivity (Wildman–Crippen MR) is 103 cm³/mol. The Morgan fingerprint density at radius 3 is 2.58 bits per heavy atom. The monoisotopic (exact) mass is 349 g/mol. The molecule has 26 heavy (non-hydrogen) atoms. The van der Waals surface area contributed by atoms with E-state index in [1.165, 1.54) is 5.56 Å². The van der Waals surface area contributed by atoms with Crippen molar-refractivity contribution in [3.63, 3.8) is 0 Å². The van der Waals surface area contributed by atoms with Gasteiger partial charge in [-0.15, -0.1) is 0 Å². The minimum atomic E-state index is -0.170. The third-order valence-corrected chi connectivity index (χ3v) is 4.18. The van der Waals surface area contributed by atoms with Gasteiger partial charge in [-0.1, -0.05) is 48.0 Å². The second-order valence-electron chi connectivity index (χ2n) is 6.23. The second kappa shape index (κ2) is 7.97. The van der Waals surface area contributed by atoms with Crippen LogP contribution in [0.25, 0.3) is 16.9 Å². The number of nitrogens with one attached hydrogen (secondary N) is 1. The van der Waals surface area contributed by atoms with E-state index in [-0.39, 0.29) is 5.91 Å². The van der Waals surface area contributed by atoms with Crippen molar-refractivity contribution in [3.8, 4) is 16.9 Å². The molecule has 0 aliphatic rings. The number of aromatic nitrogens is 2. The Balaban J connectivity index is 2.05. The number of carbonyl (C=O) groups is 1. The van der Waals surface area contributed by atoms with Crippen molar-refractivity contribution in [2.45, 2.75) is 13.8 Å². The average molecular weight is 349 g/mol. The number of aryl methyl sites for hydroxylation is 2. The van der Waals surface area contributed by atoms with Crippen molar-refractivity contribution in [2.24, 2.45) is 0 Å². The molecule has 0 unspecified atom stereocenters. The largest absolute Gasteiger partial charge is 0.383 e. The Labute approximate surface area is 153 Å². The normalized spacial score (nSPS) is 10.7. The van der Waals surface area contributed by atoms with Crippen molar-refractivity contribution >= 4 is 5.91 Å². The molecule has 0 saturated carbocycles. The molecule has 134 valence electrons. The summed E-state index contributed by atoms with van der Waals surface area (Å²) in [4.78, 5) is 12.7. The van der Waals surface area contributed by atoms with Gasteiger partial charge in [0.2, 0.25) is 0 Å². The van der Waals surface area contributed by atoms with Gasteiger partial charge in [0.05, 0.1) is 18.0 Å². The van der Waals surface area contributed by atoms with Crippen LogP contribution in [0.1, 0.15) is 21.6 Å². The van der Waals surface area contributed by atoms with Crippen molar-refractivity contribution in [1.29, 1.82) is 0 Å². The SMILES string of the molecule is COCCNC(=O)c1cc(-c2ccccc2)nn1-c1ccc(C)cc1C. The van der Waals surface area contributed by atoms with E-state index in [2.05, 4.69) is 11.4 Å². The lowest BCUT2D eigenvalue weighted by molar-refractivity contribution is 0.0929. The maximum Gasteiger partial charge on any atom is 0.270 e. The molecule has 3 aromatic rings. The molecule has 0 radical (unpaired) electrons. The molecule has 0 aliphatic carbocycles. The smallest absolute Gasteiger partial charge is 0.270 e. The first-order chi connectivity index (χ1) is 12.6. The van der Waals surface area contributed by atoms with E-state index in [1.807, 2.05) is 62.4 Å². The highest BCUT2D eigenvalue weighted by Crippen LogP contribution is 2.23. The van der Waals surface area contributed by atoms with Crippen molar-refractivity contribution in [2.75, 3.05) is 20.3 Å². The van der Waals surface area contributed by atoms with E-state index < -0.39 is 0 Å². The first kappa shape index (κ1) is 17.9. The Hall–Kier alpha value is -2.92. The molecule has 1 amide bonds. The van der Waals surface area contributed by atoms with Crippen LogP contribution >= 0.6 is 0 Å². The summed E-state index contributed by atoms with van der Waals surface area (Å²) in [5, 5.41) is 7.60. The maximum absolute atomic E-state index is 12.7. The number of ether oxygens (including phenoxy) is 1. The Morgan fingerprint density at radius 1 is 1.12 bits per heavy atom. The zero-order valence-electron chi connectivity index (χ0n) is 15.3. The molecule has 1 heterocycles. The molecule has 0 bridgehead atoms. The first-order valence-electron chi connectivity index (χ1n) is 8.60. The van der Waals surface area contributed by atoms with E-state index in [9.17, 15) is 4.79 Å². The highest BCUT2D eigenvalue weighted by atomic mass is 16.5. The zero-order chi connectivity index (χ0) is 18.5. The summed E-state index contributed by atoms with van der Waals surface area (Å²) in [5.74, 6) is -0.170. The molecular weight excluding hydrogens is 326 g/mol. The van der Waals surface area contributed by atoms with Gasteiger partial charge >= 0.3 is 0 Å². The van der Waals surface area contributed by atoms with Gasteiger partial charge in [0, 0.05) is 19.2 Å². The summed E-state index contributed by atoms with van der Waals surface area (Å²) in [7, 11) is 1.61. The Bertz CT molecular complexity index is 901. The van der Waals surface area contributed by atoms with E-state index in [0.717, 1.165) is 22.5 Å². The van der Waals surface area contributed by atoms with Gasteiger partial charge in [0.25, 0.3) is 5.91 Å². The van der Waals surface area contributed by atoms with Gasteiger partial charge in [-0.25, -0.2) is 4.68 Å². The van der Waals surface area contributed by atoms with Gasteiger partial charge in [0.1, 0.15) is 5.69 Å². The van der Waals surface area contributed by atoms with Gasteiger partial charge in [-0.3, -0.25) is 4.79 Å². The van der Waals surface area contributed by atoms with Crippen LogP contribution in [0.4, 0.5) is 0 Å². The number of hydrogen-bond donors (Lipinski definition) is 1. The lowest BCUT2D eigenvalue weighted by Gasteiger charge is -2.11. The first-order valence-corrected chi connectivity index (χ1v) is 8.60. The van der Waals surface area contributed by atoms with E-state index in [0.29, 0.717) is 18.8 Å². The fourth-order valence-corrected chi connectivity index (χ4v) is 2.88. The van der Waals surface area contributed by atoms with Crippen LogP contribution in [0.15, 0.2) is 54.6 Å². The lowest BCUT2D eigenvalue weighted by Crippen LogP contribution is -2.29. The van der Waals surface area contributed by atoms with Crippen LogP contribution < -0.4 is 5.32 Å². The Morgan fingerprint density at radius 2 is 1.88 bits per heavy atom. The van der Waals surface area contributed by atoms with E-state index in [1.54, 1.807) is 11.8 Å². The molecular formula is C21H23N3O2. The summed E-state index contributed by atoms with van der Waals surface area (Å²) in [5.41, 5.74) is 5.39. The summed E-state index contributed by atoms with van der Waals surface area (Å²) in [6.45, 7) is 5.00. The molecule has 1 N–H and O–H groups in total. The minimum Gasteiger partial charge on any atom is -0.383 e. The minimum absolute atomic E-state index is 0.170. The third-order valence-electron chi connectivity index (χ3n) is 4.18. The van der Waals surface area contributed by atoms with E-state index >= 15 is 0 Å². The van der Waals surface area contributed by atoms with Crippen LogP contribution in [-0.2, 0) is 4.74 Å². The molecule has 2 aromatic carbocycles. The molecule has 5 nitrogen and oxygen atoms in total. The van der Waals surface area contributed by atoms with Gasteiger partial charge in [0.15, 0.2) is 0 Å². The van der Waals surface area contributed by atoms with E-state index in [4.69, 9.17) is 9.84 Å². The summed E-state index contributed by atoms with van der Waals surface area (Å²) >= 11 is 0. The van der Waals surface area contributed by atoms with Crippen LogP contribution in [0.3, 0.4) is 0 Å². The topological polar surface area (TPSA) is 56.1 Å². The quantitative estimate of drug-likeness (QED) is 0.693. The highest BCUT2D eigenvalue weighted by Gasteiger charge is 2.18. The molecule has 3 rings (SSSR count). The summed E-state index contributed by atoms with van der Waals surface area (Å²) < 4.78 is 6.73. The highest BCUT2D eigenvalue weighted by molar-refractivity contribution is 5.94. The Kier molecular flexibility index (Phi) is 5.49. The molecule has 0 saturated heterocycles. The zero-order valence-corrected chi connectivity index (χ0v) is 15.3. The fraction of sp³-hybridized carbons (Fsp3) is 0.238. The third kappa shape index (κ3) is 3.83. The number of amides is 1. The second-order valence-corrected chi connectivity index (χ2v) is 6.23. The van der Waals surface area contributed by atoms with Crippen LogP contribution in [0.5, 0.6) is 0 Å². The number of methoxy groups -OCH3 is 1.